The van der Waals surface area contributed by atoms with Gasteiger partial charge in [-0.15, -0.1) is 0 Å². The molecule has 132 valence electrons. The van der Waals surface area contributed by atoms with Crippen LogP contribution in [0.25, 0.3) is 0 Å². The second-order valence-corrected chi connectivity index (χ2v) is 5.78. The Hall–Kier alpha value is -2.13. The van der Waals surface area contributed by atoms with Crippen molar-refractivity contribution in [3.63, 3.8) is 0 Å². The fourth-order valence-electron chi connectivity index (χ4n) is 3.10. The molecule has 0 spiro atoms. The number of halogens is 2. The summed E-state index contributed by atoms with van der Waals surface area (Å²) < 4.78 is 33.0. The molecule has 1 fully saturated rings. The zero-order chi connectivity index (χ0) is 18.0. The third-order valence-corrected chi connectivity index (χ3v) is 4.36. The summed E-state index contributed by atoms with van der Waals surface area (Å²) in [5.41, 5.74) is 4.67. The lowest BCUT2D eigenvalue weighted by atomic mass is 9.87. The fraction of sp³-hybridized carbons (Fsp3) is 0.533. The molecule has 0 radical (unpaired) electrons. The highest BCUT2D eigenvalue weighted by molar-refractivity contribution is 5.81. The molecule has 1 aliphatic heterocycles. The van der Waals surface area contributed by atoms with Crippen LogP contribution in [-0.4, -0.2) is 48.1 Å². The van der Waals surface area contributed by atoms with Crippen molar-refractivity contribution < 1.29 is 23.2 Å². The van der Waals surface area contributed by atoms with Crippen LogP contribution in [0.3, 0.4) is 0 Å². The van der Waals surface area contributed by atoms with Gasteiger partial charge >= 0.3 is 5.69 Å². The fourth-order valence-corrected chi connectivity index (χ4v) is 3.10. The second-order valence-electron chi connectivity index (χ2n) is 5.78. The highest BCUT2D eigenvalue weighted by atomic mass is 19.2. The number of nitrogens with two attached hydrogens (primary N) is 1. The van der Waals surface area contributed by atoms with E-state index in [1.807, 2.05) is 0 Å². The maximum absolute atomic E-state index is 14.0. The van der Waals surface area contributed by atoms with Gasteiger partial charge in [0.05, 0.1) is 24.2 Å². The molecule has 0 bridgehead atoms. The van der Waals surface area contributed by atoms with Gasteiger partial charge in [0, 0.05) is 25.1 Å². The predicted octanol–water partition coefficient (Wildman–Crippen LogP) is 1.47. The van der Waals surface area contributed by atoms with Crippen molar-refractivity contribution in [3.8, 4) is 0 Å². The van der Waals surface area contributed by atoms with Gasteiger partial charge in [-0.2, -0.15) is 4.39 Å². The standard InChI is InChI=1S/C15H19F2N3O4/c1-8-10(7-11(20(22)23)13(17)12(8)16)9(2)14(15(18)21)19-3-5-24-6-4-19/h7,9,14H,3-6H2,1-2H3,(H2,18,21). The van der Waals surface area contributed by atoms with Crippen LogP contribution in [0.5, 0.6) is 0 Å². The number of nitrogens with zero attached hydrogens (tertiary/aromatic N) is 2. The summed E-state index contributed by atoms with van der Waals surface area (Å²) in [6, 6.07) is 0.187. The Morgan fingerprint density at radius 1 is 1.38 bits per heavy atom. The molecule has 1 aromatic carbocycles. The van der Waals surface area contributed by atoms with Crippen LogP contribution in [0.15, 0.2) is 6.07 Å². The molecule has 2 atom stereocenters. The van der Waals surface area contributed by atoms with Gasteiger partial charge in [-0.05, 0) is 18.1 Å². The Balaban J connectivity index is 2.47. The third kappa shape index (κ3) is 3.36. The van der Waals surface area contributed by atoms with E-state index in [-0.39, 0.29) is 11.1 Å². The van der Waals surface area contributed by atoms with Crippen molar-refractivity contribution >= 4 is 11.6 Å². The minimum atomic E-state index is -1.50. The largest absolute Gasteiger partial charge is 0.379 e. The van der Waals surface area contributed by atoms with E-state index in [2.05, 4.69) is 0 Å². The summed E-state index contributed by atoms with van der Waals surface area (Å²) in [6.07, 6.45) is 0. The molecule has 7 nitrogen and oxygen atoms in total. The molecule has 0 aliphatic carbocycles. The van der Waals surface area contributed by atoms with Crippen LogP contribution in [0, 0.1) is 28.7 Å². The Morgan fingerprint density at radius 3 is 2.46 bits per heavy atom. The summed E-state index contributed by atoms with van der Waals surface area (Å²) in [6.45, 7) is 4.71. The molecule has 1 saturated heterocycles. The number of amides is 1. The van der Waals surface area contributed by atoms with E-state index in [0.717, 1.165) is 6.07 Å². The first-order valence-electron chi connectivity index (χ1n) is 7.49. The number of rotatable bonds is 5. The number of carbonyl (C=O) groups is 1. The van der Waals surface area contributed by atoms with Crippen LogP contribution in [-0.2, 0) is 9.53 Å². The van der Waals surface area contributed by atoms with Crippen LogP contribution < -0.4 is 5.73 Å². The first-order valence-corrected chi connectivity index (χ1v) is 7.49. The number of hydrogen-bond acceptors (Lipinski definition) is 5. The Bertz CT molecular complexity index is 663. The van der Waals surface area contributed by atoms with Crippen molar-refractivity contribution in [3.05, 3.63) is 38.9 Å². The Labute approximate surface area is 137 Å². The maximum Gasteiger partial charge on any atom is 0.308 e. The lowest BCUT2D eigenvalue weighted by molar-refractivity contribution is -0.387. The zero-order valence-corrected chi connectivity index (χ0v) is 13.4. The van der Waals surface area contributed by atoms with Crippen molar-refractivity contribution in [2.45, 2.75) is 25.8 Å². The number of primary amides is 1. The molecule has 24 heavy (non-hydrogen) atoms. The van der Waals surface area contributed by atoms with Gasteiger partial charge in [-0.3, -0.25) is 19.8 Å². The van der Waals surface area contributed by atoms with Crippen molar-refractivity contribution in [1.29, 1.82) is 0 Å². The number of ether oxygens (including phenoxy) is 1. The van der Waals surface area contributed by atoms with Gasteiger partial charge in [0.1, 0.15) is 0 Å². The first kappa shape index (κ1) is 18.2. The number of hydrogen-bond donors (Lipinski definition) is 1. The smallest absolute Gasteiger partial charge is 0.308 e. The quantitative estimate of drug-likeness (QED) is 0.645. The van der Waals surface area contributed by atoms with Gasteiger partial charge in [-0.1, -0.05) is 6.92 Å². The van der Waals surface area contributed by atoms with Gasteiger partial charge < -0.3 is 10.5 Å². The van der Waals surface area contributed by atoms with Crippen molar-refractivity contribution in [2.75, 3.05) is 26.3 Å². The average Bonchev–Trinajstić information content (AvgIpc) is 2.53. The molecular formula is C15H19F2N3O4. The van der Waals surface area contributed by atoms with Gasteiger partial charge in [0.15, 0.2) is 5.82 Å². The SMILES string of the molecule is Cc1c(C(C)C(C(N)=O)N2CCOCC2)cc([N+](=O)[O-])c(F)c1F. The molecule has 1 heterocycles. The molecule has 1 aliphatic rings. The van der Waals surface area contributed by atoms with Crippen molar-refractivity contribution in [1.82, 2.24) is 4.90 Å². The molecule has 2 rings (SSSR count). The Kier molecular flexibility index (Phi) is 5.45. The number of nitro benzene ring substituents is 1. The summed E-state index contributed by atoms with van der Waals surface area (Å²) in [7, 11) is 0. The third-order valence-electron chi connectivity index (χ3n) is 4.36. The monoisotopic (exact) mass is 343 g/mol. The number of carbonyl (C=O) groups excluding carboxylic acids is 1. The number of benzene rings is 1. The molecule has 1 amide bonds. The molecular weight excluding hydrogens is 324 g/mol. The summed E-state index contributed by atoms with van der Waals surface area (Å²) >= 11 is 0. The summed E-state index contributed by atoms with van der Waals surface area (Å²) in [4.78, 5) is 23.7. The molecule has 9 heteroatoms. The van der Waals surface area contributed by atoms with E-state index in [4.69, 9.17) is 10.5 Å². The van der Waals surface area contributed by atoms with E-state index in [1.165, 1.54) is 6.92 Å². The molecule has 2 unspecified atom stereocenters. The lowest BCUT2D eigenvalue weighted by Gasteiger charge is -2.36. The molecule has 1 aromatic rings. The predicted molar refractivity (Wildman–Crippen MR) is 81.5 cm³/mol. The molecule has 0 saturated carbocycles. The van der Waals surface area contributed by atoms with Gasteiger partial charge in [0.25, 0.3) is 0 Å². The van der Waals surface area contributed by atoms with E-state index in [0.29, 0.717) is 26.3 Å². The van der Waals surface area contributed by atoms with Crippen molar-refractivity contribution in [2.24, 2.45) is 5.73 Å². The summed E-state index contributed by atoms with van der Waals surface area (Å²) in [5, 5.41) is 10.9. The summed E-state index contributed by atoms with van der Waals surface area (Å²) in [5.74, 6) is -4.06. The van der Waals surface area contributed by atoms with Gasteiger partial charge in [-0.25, -0.2) is 4.39 Å². The highest BCUT2D eigenvalue weighted by Gasteiger charge is 2.35. The first-order chi connectivity index (χ1) is 11.3. The van der Waals surface area contributed by atoms with Crippen LogP contribution in [0.2, 0.25) is 0 Å². The van der Waals surface area contributed by atoms with E-state index in [1.54, 1.807) is 11.8 Å². The highest BCUT2D eigenvalue weighted by Crippen LogP contribution is 2.33. The molecule has 2 N–H and O–H groups in total. The average molecular weight is 343 g/mol. The topological polar surface area (TPSA) is 98.7 Å². The van der Waals surface area contributed by atoms with Gasteiger partial charge in [0.2, 0.25) is 11.7 Å². The van der Waals surface area contributed by atoms with E-state index >= 15 is 0 Å². The molecule has 0 aromatic heterocycles. The van der Waals surface area contributed by atoms with Crippen LogP contribution in [0.1, 0.15) is 24.0 Å². The normalized spacial score (nSPS) is 18.2. The number of morpholine rings is 1. The maximum atomic E-state index is 14.0. The Morgan fingerprint density at radius 2 is 1.96 bits per heavy atom. The van der Waals surface area contributed by atoms with Crippen LogP contribution in [0.4, 0.5) is 14.5 Å². The van der Waals surface area contributed by atoms with Crippen LogP contribution >= 0.6 is 0 Å². The lowest BCUT2D eigenvalue weighted by Crippen LogP contribution is -2.52. The van der Waals surface area contributed by atoms with E-state index in [9.17, 15) is 23.7 Å². The second kappa shape index (κ2) is 7.18. The minimum absolute atomic E-state index is 0.0647. The van der Waals surface area contributed by atoms with E-state index < -0.39 is 40.1 Å². The minimum Gasteiger partial charge on any atom is -0.379 e. The zero-order valence-electron chi connectivity index (χ0n) is 13.4. The number of nitro groups is 1.